The molecule has 0 atom stereocenters. The van der Waals surface area contributed by atoms with E-state index in [-0.39, 0.29) is 83.3 Å². The molecule has 10 rings (SSSR count). The van der Waals surface area contributed by atoms with E-state index in [4.69, 9.17) is 14.2 Å². The lowest BCUT2D eigenvalue weighted by atomic mass is 9.83. The molecule has 2 fully saturated rings. The number of aromatic nitrogens is 8. The zero-order valence-corrected chi connectivity index (χ0v) is 43.1. The van der Waals surface area contributed by atoms with Crippen molar-refractivity contribution in [2.75, 3.05) is 51.8 Å². The van der Waals surface area contributed by atoms with Gasteiger partial charge in [0.05, 0.1) is 25.6 Å². The molecule has 20 nitrogen and oxygen atoms in total. The second-order valence-electron chi connectivity index (χ2n) is 19.6. The molecule has 440 valence electrons. The number of nitrogens with zero attached hydrogens (tertiary/aromatic N) is 9. The molecule has 4 aliphatic rings. The molecule has 22 heteroatoms. The first kappa shape index (κ1) is 69.3. The lowest BCUT2D eigenvalue weighted by Crippen LogP contribution is -2.50. The molecule has 4 aliphatic heterocycles. The molecule has 0 radical (unpaired) electrons. The van der Waals surface area contributed by atoms with E-state index in [0.29, 0.717) is 44.1 Å². The van der Waals surface area contributed by atoms with Crippen molar-refractivity contribution >= 4 is 37.3 Å². The highest BCUT2D eigenvalue weighted by Gasteiger charge is 2.41. The summed E-state index contributed by atoms with van der Waals surface area (Å²) in [4.78, 5) is 17.1. The number of likely N-dealkylation sites (tertiary alicyclic amines) is 1. The number of tetrazole rings is 2. The zero-order valence-electron chi connectivity index (χ0n) is 41.5. The van der Waals surface area contributed by atoms with Crippen molar-refractivity contribution in [3.63, 3.8) is 0 Å². The van der Waals surface area contributed by atoms with E-state index in [1.165, 1.54) is 15.2 Å². The number of hydrogen-bond acceptors (Lipinski definition) is 15. The van der Waals surface area contributed by atoms with Crippen molar-refractivity contribution < 1.29 is 35.8 Å². The van der Waals surface area contributed by atoms with Crippen molar-refractivity contribution in [3.8, 4) is 34.3 Å². The van der Waals surface area contributed by atoms with Gasteiger partial charge in [0.2, 0.25) is 31.7 Å². The number of benzene rings is 4. The van der Waals surface area contributed by atoms with Crippen LogP contribution in [0.2, 0.25) is 0 Å². The smallest absolute Gasteiger partial charge is 0.410 e. The summed E-state index contributed by atoms with van der Waals surface area (Å²) < 4.78 is 68.3. The van der Waals surface area contributed by atoms with Crippen LogP contribution in [0, 0.1) is 0 Å². The minimum Gasteiger partial charge on any atom is -0.482 e. The fourth-order valence-corrected chi connectivity index (χ4v) is 10.0. The third-order valence-electron chi connectivity index (χ3n) is 12.7. The first-order chi connectivity index (χ1) is 34.8. The van der Waals surface area contributed by atoms with Gasteiger partial charge in [0, 0.05) is 74.1 Å². The van der Waals surface area contributed by atoms with Crippen LogP contribution in [0.15, 0.2) is 109 Å². The van der Waals surface area contributed by atoms with Gasteiger partial charge in [-0.15, -0.1) is 20.4 Å². The van der Waals surface area contributed by atoms with Gasteiger partial charge in [-0.25, -0.2) is 31.1 Å². The van der Waals surface area contributed by atoms with E-state index in [1.807, 2.05) is 93.6 Å². The average molecular weight is 1150 g/mol. The van der Waals surface area contributed by atoms with Gasteiger partial charge in [-0.05, 0) is 90.8 Å². The average Bonchev–Trinajstić information content (AvgIpc) is 4.04. The minimum absolute atomic E-state index is 0. The van der Waals surface area contributed by atoms with Crippen LogP contribution in [0.25, 0.3) is 33.9 Å². The maximum absolute atomic E-state index is 12.6. The van der Waals surface area contributed by atoms with Gasteiger partial charge in [-0.3, -0.25) is 0 Å². The maximum Gasteiger partial charge on any atom is 0.410 e. The number of carbonyl (C=O) groups excluding carboxylic acids is 1. The molecule has 0 aliphatic carbocycles. The van der Waals surface area contributed by atoms with E-state index >= 15 is 0 Å². The summed E-state index contributed by atoms with van der Waals surface area (Å²) in [7, 11) is -6.52. The van der Waals surface area contributed by atoms with Crippen LogP contribution < -0.4 is 24.2 Å². The van der Waals surface area contributed by atoms with Crippen LogP contribution in [-0.4, -0.2) is 137 Å². The van der Waals surface area contributed by atoms with Crippen LogP contribution in [-0.2, 0) is 37.9 Å². The molecule has 80 heavy (non-hydrogen) atoms. The molecule has 2 spiro atoms. The minimum atomic E-state index is -3.28. The SMILES string of the molecule is C.C.C.C.C.C.C.CC(C)(C)OC(=O)N1CCC2(C=C(c3ccc(-c4nnn(CCNS(C)(=O)=O)n4)cc3)c3ccccc3O2)CC1.CS(=O)(=O)NCCn1nnc(-c2ccc(C3=CC4(CCNCC4)Oc4ccccc43)cc2)n1. The van der Waals surface area contributed by atoms with Gasteiger partial charge < -0.3 is 24.4 Å². The molecule has 1 amide bonds. The van der Waals surface area contributed by atoms with Crippen molar-refractivity contribution in [3.05, 3.63) is 131 Å². The summed E-state index contributed by atoms with van der Waals surface area (Å²) in [6.07, 6.45) is 9.59. The summed E-state index contributed by atoms with van der Waals surface area (Å²) in [5.41, 5.74) is 6.79. The highest BCUT2D eigenvalue weighted by Crippen LogP contribution is 2.45. The van der Waals surface area contributed by atoms with E-state index in [0.717, 1.165) is 88.9 Å². The molecule has 2 aromatic heterocycles. The van der Waals surface area contributed by atoms with Gasteiger partial charge >= 0.3 is 6.09 Å². The Bertz CT molecular complexity index is 3230. The number of hydrogen-bond donors (Lipinski definition) is 3. The Balaban J connectivity index is 0.000000510. The fraction of sp³-hybridized carbons (Fsp3) is 0.466. The van der Waals surface area contributed by atoms with Crippen LogP contribution >= 0.6 is 0 Å². The van der Waals surface area contributed by atoms with Crippen molar-refractivity contribution in [2.24, 2.45) is 0 Å². The van der Waals surface area contributed by atoms with E-state index in [9.17, 15) is 21.6 Å². The Kier molecular flexibility index (Phi) is 24.7. The second-order valence-corrected chi connectivity index (χ2v) is 23.2. The summed E-state index contributed by atoms with van der Waals surface area (Å²) in [5.74, 6) is 2.70. The molecule has 3 N–H and O–H groups in total. The molecule has 6 heterocycles. The Morgan fingerprint density at radius 3 is 1.35 bits per heavy atom. The normalized spacial score (nSPS) is 15.5. The second kappa shape index (κ2) is 28.5. The highest BCUT2D eigenvalue weighted by atomic mass is 32.2. The van der Waals surface area contributed by atoms with E-state index < -0.39 is 31.2 Å². The number of sulfonamides is 2. The largest absolute Gasteiger partial charge is 0.482 e. The quantitative estimate of drug-likeness (QED) is 0.103. The predicted octanol–water partition coefficient (Wildman–Crippen LogP) is 9.77. The molecule has 2 saturated heterocycles. The van der Waals surface area contributed by atoms with E-state index in [1.54, 1.807) is 4.90 Å². The van der Waals surface area contributed by atoms with Gasteiger partial charge in [0.25, 0.3) is 0 Å². The molecule has 0 unspecified atom stereocenters. The number of rotatable bonds is 12. The molecule has 6 aromatic rings. The number of carbonyl (C=O) groups is 1. The summed E-state index contributed by atoms with van der Waals surface area (Å²) in [6, 6.07) is 32.3. The Labute approximate surface area is 476 Å². The lowest BCUT2D eigenvalue weighted by Gasteiger charge is -2.43. The molecule has 0 saturated carbocycles. The number of para-hydroxylation sites is 2. The highest BCUT2D eigenvalue weighted by molar-refractivity contribution is 7.89. The van der Waals surface area contributed by atoms with Crippen LogP contribution in [0.4, 0.5) is 4.79 Å². The lowest BCUT2D eigenvalue weighted by molar-refractivity contribution is -0.00118. The number of piperidine rings is 2. The van der Waals surface area contributed by atoms with Gasteiger partial charge in [0.15, 0.2) is 0 Å². The molecular formula is C58H88N12O8S2. The zero-order chi connectivity index (χ0) is 51.4. The third kappa shape index (κ3) is 17.3. The van der Waals surface area contributed by atoms with Crippen molar-refractivity contribution in [1.82, 2.24) is 60.1 Å². The summed E-state index contributed by atoms with van der Waals surface area (Å²) >= 11 is 0. The topological polar surface area (TPSA) is 240 Å². The van der Waals surface area contributed by atoms with Gasteiger partial charge in [0.1, 0.15) is 28.3 Å². The Hall–Kier alpha value is -6.85. The number of fused-ring (bicyclic) bond motifs is 2. The van der Waals surface area contributed by atoms with Gasteiger partial charge in [-0.1, -0.05) is 137 Å². The first-order valence-corrected chi connectivity index (χ1v) is 28.0. The third-order valence-corrected chi connectivity index (χ3v) is 14.1. The number of ether oxygens (including phenoxy) is 3. The van der Waals surface area contributed by atoms with Crippen molar-refractivity contribution in [2.45, 2.75) is 128 Å². The summed E-state index contributed by atoms with van der Waals surface area (Å²) in [5, 5.41) is 28.4. The Morgan fingerprint density at radius 2 is 0.963 bits per heavy atom. The molecule has 4 aromatic carbocycles. The summed E-state index contributed by atoms with van der Waals surface area (Å²) in [6.45, 7) is 9.54. The molecular weight excluding hydrogens is 1060 g/mol. The number of amides is 1. The first-order valence-electron chi connectivity index (χ1n) is 24.2. The van der Waals surface area contributed by atoms with Crippen molar-refractivity contribution in [1.29, 1.82) is 0 Å². The maximum atomic E-state index is 12.6. The van der Waals surface area contributed by atoms with Crippen LogP contribution in [0.1, 0.15) is 121 Å². The number of nitrogens with one attached hydrogen (secondary N) is 3. The fourth-order valence-electron chi connectivity index (χ4n) is 9.12. The molecule has 0 bridgehead atoms. The van der Waals surface area contributed by atoms with Crippen LogP contribution in [0.5, 0.6) is 11.5 Å². The monoisotopic (exact) mass is 1140 g/mol. The standard InChI is InChI=1S/C28H34N6O5S.C23H26N6O3S.7CH4/c1-27(2,3)39-26(35)33-16-13-28(14-17-33)19-23(22-7-5-6-8-24(22)38-28)20-9-11-21(12-10-20)25-30-32-34(31-25)18-15-29-40(4,36)37;1-33(30,31)25-14-15-29-27-22(26-28-29)18-8-6-17(7-9-18)20-16-23(10-12-24-13-11-23)32-21-5-3-2-4-19(20)21;;;;;;;/h5-12,19,29H,13-18H2,1-4H3;2-9,16,24-25H,10-15H2,1H3;7*1H4. The Morgan fingerprint density at radius 1 is 0.588 bits per heavy atom. The van der Waals surface area contributed by atoms with E-state index in [2.05, 4.69) is 82.0 Å². The van der Waals surface area contributed by atoms with Gasteiger partial charge in [-0.2, -0.15) is 9.59 Å². The predicted molar refractivity (Wildman–Crippen MR) is 322 cm³/mol. The van der Waals surface area contributed by atoms with Crippen LogP contribution in [0.3, 0.4) is 0 Å².